The maximum Gasteiger partial charge on any atom is 0.305 e. The number of carboxylic acids is 1. The van der Waals surface area contributed by atoms with Crippen molar-refractivity contribution in [2.24, 2.45) is 5.41 Å². The van der Waals surface area contributed by atoms with Gasteiger partial charge in [-0.2, -0.15) is 0 Å². The number of anilines is 1. The van der Waals surface area contributed by atoms with Crippen LogP contribution < -0.4 is 10.6 Å². The van der Waals surface area contributed by atoms with Gasteiger partial charge in [0.05, 0.1) is 42.1 Å². The van der Waals surface area contributed by atoms with Crippen molar-refractivity contribution >= 4 is 17.8 Å². The second kappa shape index (κ2) is 12.1. The number of aliphatic hydroxyl groups is 1. The molecule has 4 rings (SSSR count). The Hall–Kier alpha value is -3.94. The summed E-state index contributed by atoms with van der Waals surface area (Å²) in [5.74, 6) is -1.01. The maximum atomic E-state index is 13.6. The summed E-state index contributed by atoms with van der Waals surface area (Å²) in [7, 11) is 0. The average Bonchev–Trinajstić information content (AvgIpc) is 3.35. The number of carboxylic acid groups (broad SMARTS) is 1. The number of hydrogen-bond acceptors (Lipinski definition) is 9. The smallest absolute Gasteiger partial charge is 0.305 e. The second-order valence-electron chi connectivity index (χ2n) is 9.04. The minimum Gasteiger partial charge on any atom is -0.481 e. The number of halogens is 1. The number of rotatable bonds is 11. The van der Waals surface area contributed by atoms with E-state index in [2.05, 4.69) is 30.6 Å². The molecule has 0 unspecified atom stereocenters. The van der Waals surface area contributed by atoms with Crippen molar-refractivity contribution in [2.75, 3.05) is 38.2 Å². The van der Waals surface area contributed by atoms with Gasteiger partial charge in [-0.15, -0.1) is 0 Å². The van der Waals surface area contributed by atoms with E-state index in [1.807, 2.05) is 0 Å². The number of carbonyl (C=O) groups is 2. The third-order valence-electron chi connectivity index (χ3n) is 5.87. The number of aromatic nitrogens is 4. The highest BCUT2D eigenvalue weighted by molar-refractivity contribution is 5.82. The number of hydrogen-bond donors (Lipinski definition) is 5. The normalized spacial score (nSPS) is 19.2. The van der Waals surface area contributed by atoms with Gasteiger partial charge in [0.15, 0.2) is 5.82 Å². The van der Waals surface area contributed by atoms with Crippen LogP contribution in [0.1, 0.15) is 31.9 Å². The molecule has 1 saturated heterocycles. The van der Waals surface area contributed by atoms with Gasteiger partial charge >= 0.3 is 5.97 Å². The highest BCUT2D eigenvalue weighted by atomic mass is 19.1. The Morgan fingerprint density at radius 1 is 1.16 bits per heavy atom. The van der Waals surface area contributed by atoms with Gasteiger partial charge < -0.3 is 35.3 Å². The van der Waals surface area contributed by atoms with Crippen LogP contribution in [-0.2, 0) is 19.1 Å². The van der Waals surface area contributed by atoms with Gasteiger partial charge in [0.25, 0.3) is 0 Å². The Labute approximate surface area is 217 Å². The van der Waals surface area contributed by atoms with E-state index in [1.165, 1.54) is 18.3 Å². The van der Waals surface area contributed by atoms with Crippen LogP contribution in [-0.4, -0.2) is 74.9 Å². The molecule has 12 nitrogen and oxygen atoms in total. The van der Waals surface area contributed by atoms with Gasteiger partial charge in [0.2, 0.25) is 18.1 Å². The number of H-pyrrole nitrogens is 1. The van der Waals surface area contributed by atoms with Crippen LogP contribution >= 0.6 is 0 Å². The van der Waals surface area contributed by atoms with Crippen molar-refractivity contribution in [1.29, 1.82) is 0 Å². The Morgan fingerprint density at radius 2 is 1.89 bits per heavy atom. The lowest BCUT2D eigenvalue weighted by atomic mass is 9.91. The molecule has 3 aromatic rings. The molecule has 1 aromatic carbocycles. The van der Waals surface area contributed by atoms with Crippen LogP contribution in [0.15, 0.2) is 36.5 Å². The molecule has 1 aliphatic rings. The summed E-state index contributed by atoms with van der Waals surface area (Å²) in [5, 5.41) is 23.4. The van der Waals surface area contributed by atoms with E-state index >= 15 is 0 Å². The van der Waals surface area contributed by atoms with Crippen molar-refractivity contribution in [1.82, 2.24) is 25.3 Å². The summed E-state index contributed by atoms with van der Waals surface area (Å²) in [6, 6.07) is 7.47. The van der Waals surface area contributed by atoms with Gasteiger partial charge in [0.1, 0.15) is 5.82 Å². The topological polar surface area (TPSA) is 172 Å². The number of aliphatic hydroxyl groups excluding tert-OH is 1. The molecule has 5 N–H and O–H groups in total. The number of aromatic amines is 1. The van der Waals surface area contributed by atoms with Gasteiger partial charge in [-0.3, -0.25) is 9.59 Å². The minimum atomic E-state index is -0.948. The van der Waals surface area contributed by atoms with Gasteiger partial charge in [0, 0.05) is 31.5 Å². The maximum absolute atomic E-state index is 13.6. The zero-order valence-electron chi connectivity index (χ0n) is 20.7. The highest BCUT2D eigenvalue weighted by Crippen LogP contribution is 2.35. The van der Waals surface area contributed by atoms with E-state index in [4.69, 9.17) is 19.7 Å². The first kappa shape index (κ1) is 27.1. The fourth-order valence-corrected chi connectivity index (χ4v) is 3.76. The zero-order chi connectivity index (χ0) is 27.1. The number of nitrogens with zero attached hydrogens (tertiary/aromatic N) is 3. The van der Waals surface area contributed by atoms with Crippen molar-refractivity contribution in [2.45, 2.75) is 26.1 Å². The zero-order valence-corrected chi connectivity index (χ0v) is 20.7. The molecule has 0 aliphatic carbocycles. The molecule has 3 heterocycles. The van der Waals surface area contributed by atoms with Crippen molar-refractivity contribution < 1.29 is 33.7 Å². The van der Waals surface area contributed by atoms with Crippen molar-refractivity contribution in [3.63, 3.8) is 0 Å². The number of amides is 1. The number of nitrogens with one attached hydrogen (secondary N) is 3. The predicted molar refractivity (Wildman–Crippen MR) is 133 cm³/mol. The summed E-state index contributed by atoms with van der Waals surface area (Å²) in [6.07, 6.45) is 0.982. The Balaban J connectivity index is 1.58. The van der Waals surface area contributed by atoms with Gasteiger partial charge in [-0.05, 0) is 43.7 Å². The Morgan fingerprint density at radius 3 is 2.58 bits per heavy atom. The third kappa shape index (κ3) is 6.49. The van der Waals surface area contributed by atoms with Gasteiger partial charge in [-0.25, -0.2) is 19.3 Å². The molecule has 1 amide bonds. The van der Waals surface area contributed by atoms with Crippen LogP contribution in [0.25, 0.3) is 22.6 Å². The van der Waals surface area contributed by atoms with Crippen LogP contribution in [0.3, 0.4) is 0 Å². The van der Waals surface area contributed by atoms with E-state index in [0.717, 1.165) is 0 Å². The molecule has 0 bridgehead atoms. The molecule has 0 spiro atoms. The highest BCUT2D eigenvalue weighted by Gasteiger charge is 2.40. The molecule has 38 heavy (non-hydrogen) atoms. The minimum absolute atomic E-state index is 0.0183. The standard InChI is InChI=1S/C25H29FN6O6/c1-25(23(36)27-9-2-12-33)13-37-22(38-14-25)21-31-19(15-3-5-16(26)6-4-15)20(32-21)17-7-10-28-24(30-17)29-11-8-18(34)35/h3-7,10,22,33H,2,8-9,11-14H2,1H3,(H,27,36)(H,31,32)(H,34,35)(H,28,29,30). The number of imidazole rings is 1. The lowest BCUT2D eigenvalue weighted by Gasteiger charge is -2.35. The SMILES string of the molecule is CC1(C(=O)NCCCO)COC(c2nc(-c3ccc(F)cc3)c(-c3ccnc(NCCC(=O)O)n3)[nH]2)OC1. The lowest BCUT2D eigenvalue weighted by Crippen LogP contribution is -2.48. The fourth-order valence-electron chi connectivity index (χ4n) is 3.76. The number of ether oxygens (including phenoxy) is 2. The molecule has 0 saturated carbocycles. The number of aliphatic carboxylic acids is 1. The van der Waals surface area contributed by atoms with Crippen molar-refractivity contribution in [3.8, 4) is 22.6 Å². The summed E-state index contributed by atoms with van der Waals surface area (Å²) >= 11 is 0. The fraction of sp³-hybridized carbons (Fsp3) is 0.400. The third-order valence-corrected chi connectivity index (χ3v) is 5.87. The Bertz CT molecular complexity index is 1260. The number of benzene rings is 1. The summed E-state index contributed by atoms with van der Waals surface area (Å²) in [5.41, 5.74) is 1.13. The number of carbonyl (C=O) groups excluding carboxylic acids is 1. The molecule has 2 aromatic heterocycles. The quantitative estimate of drug-likeness (QED) is 0.232. The lowest BCUT2D eigenvalue weighted by molar-refractivity contribution is -0.231. The van der Waals surface area contributed by atoms with Crippen molar-refractivity contribution in [3.05, 3.63) is 48.2 Å². The van der Waals surface area contributed by atoms with Crippen LogP contribution in [0.2, 0.25) is 0 Å². The first-order chi connectivity index (χ1) is 18.3. The average molecular weight is 529 g/mol. The van der Waals surface area contributed by atoms with E-state index in [0.29, 0.717) is 41.4 Å². The molecule has 202 valence electrons. The Kier molecular flexibility index (Phi) is 8.61. The molecule has 0 atom stereocenters. The van der Waals surface area contributed by atoms with E-state index in [1.54, 1.807) is 25.1 Å². The van der Waals surface area contributed by atoms with Crippen LogP contribution in [0.4, 0.5) is 10.3 Å². The summed E-state index contributed by atoms with van der Waals surface area (Å²) in [6.45, 7) is 2.37. The monoisotopic (exact) mass is 528 g/mol. The molecule has 0 radical (unpaired) electrons. The molecule has 13 heteroatoms. The summed E-state index contributed by atoms with van der Waals surface area (Å²) < 4.78 is 25.4. The van der Waals surface area contributed by atoms with E-state index < -0.39 is 23.5 Å². The predicted octanol–water partition coefficient (Wildman–Crippen LogP) is 2.11. The first-order valence-corrected chi connectivity index (χ1v) is 12.1. The molecule has 1 fully saturated rings. The largest absolute Gasteiger partial charge is 0.481 e. The molecule has 1 aliphatic heterocycles. The molecular weight excluding hydrogens is 499 g/mol. The van der Waals surface area contributed by atoms with Crippen LogP contribution in [0.5, 0.6) is 0 Å². The van der Waals surface area contributed by atoms with Gasteiger partial charge in [-0.1, -0.05) is 0 Å². The molecular formula is C25H29FN6O6. The second-order valence-corrected chi connectivity index (χ2v) is 9.04. The summed E-state index contributed by atoms with van der Waals surface area (Å²) in [4.78, 5) is 39.8. The van der Waals surface area contributed by atoms with E-state index in [-0.39, 0.29) is 44.6 Å². The van der Waals surface area contributed by atoms with E-state index in [9.17, 15) is 14.0 Å². The first-order valence-electron chi connectivity index (χ1n) is 12.1. The van der Waals surface area contributed by atoms with Crippen LogP contribution in [0, 0.1) is 11.2 Å².